The van der Waals surface area contributed by atoms with Crippen LogP contribution in [0, 0.1) is 0 Å². The molecule has 0 aliphatic heterocycles. The lowest BCUT2D eigenvalue weighted by molar-refractivity contribution is -0.115. The van der Waals surface area contributed by atoms with Crippen molar-refractivity contribution < 1.29 is 9.53 Å². The topological polar surface area (TPSA) is 38.3 Å². The highest BCUT2D eigenvalue weighted by atomic mass is 79.9. The van der Waals surface area contributed by atoms with E-state index in [9.17, 15) is 4.79 Å². The summed E-state index contributed by atoms with van der Waals surface area (Å²) in [5.41, 5.74) is 3.12. The van der Waals surface area contributed by atoms with Crippen molar-refractivity contribution in [3.05, 3.63) is 70.3 Å². The maximum absolute atomic E-state index is 12.1. The smallest absolute Gasteiger partial charge is 0.158 e. The van der Waals surface area contributed by atoms with E-state index in [-0.39, 0.29) is 11.7 Å². The molecule has 0 bridgehead atoms. The molecule has 0 aromatic heterocycles. The van der Waals surface area contributed by atoms with Crippen LogP contribution >= 0.6 is 15.9 Å². The Balaban J connectivity index is 1.74. The lowest BCUT2D eigenvalue weighted by Crippen LogP contribution is -2.16. The Labute approximate surface area is 144 Å². The van der Waals surface area contributed by atoms with Gasteiger partial charge in [0.1, 0.15) is 5.75 Å². The fourth-order valence-corrected chi connectivity index (χ4v) is 3.07. The third-order valence-electron chi connectivity index (χ3n) is 3.99. The summed E-state index contributed by atoms with van der Waals surface area (Å²) >= 11 is 3.43. The number of ketones is 1. The van der Waals surface area contributed by atoms with Crippen LogP contribution in [-0.4, -0.2) is 12.9 Å². The van der Waals surface area contributed by atoms with E-state index >= 15 is 0 Å². The van der Waals surface area contributed by atoms with E-state index < -0.39 is 0 Å². The number of halogens is 1. The summed E-state index contributed by atoms with van der Waals surface area (Å²) in [6, 6.07) is 15.9. The van der Waals surface area contributed by atoms with Crippen LogP contribution in [-0.2, 0) is 4.79 Å². The molecule has 0 radical (unpaired) electrons. The molecule has 1 aliphatic carbocycles. The zero-order valence-corrected chi connectivity index (χ0v) is 14.5. The van der Waals surface area contributed by atoms with Crippen LogP contribution in [0.25, 0.3) is 0 Å². The monoisotopic (exact) mass is 371 g/mol. The molecule has 0 saturated carbocycles. The van der Waals surface area contributed by atoms with Gasteiger partial charge in [-0.3, -0.25) is 4.79 Å². The van der Waals surface area contributed by atoms with Gasteiger partial charge in [-0.25, -0.2) is 0 Å². The SMILES string of the molecule is COc1ccc([C@@H]2CC(=O)C=C(Nc3ccc(Br)cc3)C2)cc1. The summed E-state index contributed by atoms with van der Waals surface area (Å²) in [5.74, 6) is 1.20. The fourth-order valence-electron chi connectivity index (χ4n) is 2.81. The number of allylic oxidation sites excluding steroid dienone is 2. The number of nitrogens with one attached hydrogen (secondary N) is 1. The number of ether oxygens (including phenoxy) is 1. The predicted molar refractivity (Wildman–Crippen MR) is 95.8 cm³/mol. The Morgan fingerprint density at radius 2 is 1.74 bits per heavy atom. The number of hydrogen-bond donors (Lipinski definition) is 1. The van der Waals surface area contributed by atoms with Gasteiger partial charge in [0.25, 0.3) is 0 Å². The molecule has 2 aromatic carbocycles. The molecule has 23 heavy (non-hydrogen) atoms. The number of methoxy groups -OCH3 is 1. The Bertz CT molecular complexity index is 720. The normalized spacial score (nSPS) is 17.6. The Hall–Kier alpha value is -2.07. The molecule has 3 nitrogen and oxygen atoms in total. The van der Waals surface area contributed by atoms with Crippen LogP contribution in [0.4, 0.5) is 5.69 Å². The van der Waals surface area contributed by atoms with E-state index in [0.717, 1.165) is 28.0 Å². The lowest BCUT2D eigenvalue weighted by atomic mass is 9.85. The average molecular weight is 372 g/mol. The highest BCUT2D eigenvalue weighted by molar-refractivity contribution is 9.10. The van der Waals surface area contributed by atoms with E-state index in [1.54, 1.807) is 13.2 Å². The molecular weight excluding hydrogens is 354 g/mol. The van der Waals surface area contributed by atoms with Crippen LogP contribution in [0.5, 0.6) is 5.75 Å². The van der Waals surface area contributed by atoms with Crippen LogP contribution in [0.15, 0.2) is 64.8 Å². The molecular formula is C19H18BrNO2. The third kappa shape index (κ3) is 4.02. The van der Waals surface area contributed by atoms with E-state index in [4.69, 9.17) is 4.74 Å². The average Bonchev–Trinajstić information content (AvgIpc) is 2.56. The van der Waals surface area contributed by atoms with Gasteiger partial charge in [0.05, 0.1) is 7.11 Å². The van der Waals surface area contributed by atoms with Crippen molar-refractivity contribution >= 4 is 27.4 Å². The van der Waals surface area contributed by atoms with E-state index in [0.29, 0.717) is 6.42 Å². The number of carbonyl (C=O) groups is 1. The standard InChI is InChI=1S/C19H18BrNO2/c1-23-19-8-2-13(3-9-19)14-10-17(12-18(22)11-14)21-16-6-4-15(20)5-7-16/h2-9,12,14,21H,10-11H2,1H3/t14-/m0/s1. The van der Waals surface area contributed by atoms with Crippen LogP contribution in [0.3, 0.4) is 0 Å². The number of hydrogen-bond acceptors (Lipinski definition) is 3. The molecule has 2 aromatic rings. The molecule has 4 heteroatoms. The maximum Gasteiger partial charge on any atom is 0.158 e. The second-order valence-electron chi connectivity index (χ2n) is 5.65. The summed E-state index contributed by atoms with van der Waals surface area (Å²) in [6.45, 7) is 0. The Morgan fingerprint density at radius 3 is 2.39 bits per heavy atom. The van der Waals surface area contributed by atoms with Gasteiger partial charge in [0, 0.05) is 28.4 Å². The third-order valence-corrected chi connectivity index (χ3v) is 4.51. The molecule has 0 saturated heterocycles. The summed E-state index contributed by atoms with van der Waals surface area (Å²) in [6.07, 6.45) is 3.11. The zero-order chi connectivity index (χ0) is 16.2. The molecule has 0 fully saturated rings. The van der Waals surface area contributed by atoms with Gasteiger partial charge >= 0.3 is 0 Å². The first-order chi connectivity index (χ1) is 11.1. The molecule has 1 atom stereocenters. The van der Waals surface area contributed by atoms with Crippen molar-refractivity contribution in [2.75, 3.05) is 12.4 Å². The highest BCUT2D eigenvalue weighted by Gasteiger charge is 2.22. The number of benzene rings is 2. The van der Waals surface area contributed by atoms with Crippen molar-refractivity contribution in [1.29, 1.82) is 0 Å². The van der Waals surface area contributed by atoms with Gasteiger partial charge in [-0.05, 0) is 54.3 Å². The van der Waals surface area contributed by atoms with Gasteiger partial charge < -0.3 is 10.1 Å². The minimum atomic E-state index is 0.164. The number of anilines is 1. The molecule has 3 rings (SSSR count). The largest absolute Gasteiger partial charge is 0.497 e. The quantitative estimate of drug-likeness (QED) is 0.830. The number of rotatable bonds is 4. The summed E-state index contributed by atoms with van der Waals surface area (Å²) in [5, 5.41) is 3.36. The van der Waals surface area contributed by atoms with Crippen molar-refractivity contribution in [2.24, 2.45) is 0 Å². The molecule has 1 N–H and O–H groups in total. The van der Waals surface area contributed by atoms with Crippen molar-refractivity contribution in [1.82, 2.24) is 0 Å². The van der Waals surface area contributed by atoms with Gasteiger partial charge in [-0.1, -0.05) is 28.1 Å². The second kappa shape index (κ2) is 7.01. The Kier molecular flexibility index (Phi) is 4.82. The van der Waals surface area contributed by atoms with Crippen LogP contribution < -0.4 is 10.1 Å². The Morgan fingerprint density at radius 1 is 1.04 bits per heavy atom. The van der Waals surface area contributed by atoms with Crippen LogP contribution in [0.2, 0.25) is 0 Å². The van der Waals surface area contributed by atoms with E-state index in [1.165, 1.54) is 5.56 Å². The van der Waals surface area contributed by atoms with Crippen LogP contribution in [0.1, 0.15) is 24.3 Å². The predicted octanol–water partition coefficient (Wildman–Crippen LogP) is 4.90. The molecule has 0 spiro atoms. The molecule has 118 valence electrons. The molecule has 1 aliphatic rings. The lowest BCUT2D eigenvalue weighted by Gasteiger charge is -2.23. The maximum atomic E-state index is 12.1. The van der Waals surface area contributed by atoms with Crippen molar-refractivity contribution in [2.45, 2.75) is 18.8 Å². The van der Waals surface area contributed by atoms with Gasteiger partial charge in [0.15, 0.2) is 5.78 Å². The van der Waals surface area contributed by atoms with E-state index in [2.05, 4.69) is 21.2 Å². The summed E-state index contributed by atoms with van der Waals surface area (Å²) in [4.78, 5) is 12.1. The minimum Gasteiger partial charge on any atom is -0.497 e. The zero-order valence-electron chi connectivity index (χ0n) is 12.9. The van der Waals surface area contributed by atoms with Crippen molar-refractivity contribution in [3.63, 3.8) is 0 Å². The first-order valence-corrected chi connectivity index (χ1v) is 8.33. The highest BCUT2D eigenvalue weighted by Crippen LogP contribution is 2.32. The van der Waals surface area contributed by atoms with E-state index in [1.807, 2.05) is 48.5 Å². The van der Waals surface area contributed by atoms with Crippen molar-refractivity contribution in [3.8, 4) is 5.75 Å². The second-order valence-corrected chi connectivity index (χ2v) is 6.56. The molecule has 0 unspecified atom stereocenters. The minimum absolute atomic E-state index is 0.164. The first-order valence-electron chi connectivity index (χ1n) is 7.54. The van der Waals surface area contributed by atoms with Gasteiger partial charge in [0.2, 0.25) is 0 Å². The summed E-state index contributed by atoms with van der Waals surface area (Å²) in [7, 11) is 1.65. The van der Waals surface area contributed by atoms with Gasteiger partial charge in [-0.15, -0.1) is 0 Å². The van der Waals surface area contributed by atoms with Gasteiger partial charge in [-0.2, -0.15) is 0 Å². The number of carbonyl (C=O) groups excluding carboxylic acids is 1. The molecule has 0 amide bonds. The summed E-state index contributed by atoms with van der Waals surface area (Å²) < 4.78 is 6.23. The molecule has 0 heterocycles. The first kappa shape index (κ1) is 15.8. The fraction of sp³-hybridized carbons (Fsp3) is 0.211.